The van der Waals surface area contributed by atoms with Crippen LogP contribution in [0.25, 0.3) is 0 Å². The first-order valence-corrected chi connectivity index (χ1v) is 4.48. The van der Waals surface area contributed by atoms with Gasteiger partial charge in [0.15, 0.2) is 0 Å². The van der Waals surface area contributed by atoms with Crippen molar-refractivity contribution in [2.75, 3.05) is 0 Å². The number of hydrogen-bond donors (Lipinski definition) is 1. The number of aromatic amines is 1. The van der Waals surface area contributed by atoms with Gasteiger partial charge in [0, 0.05) is 11.8 Å². The number of nitro groups is 1. The van der Waals surface area contributed by atoms with Crippen LogP contribution in [-0.4, -0.2) is 9.91 Å². The van der Waals surface area contributed by atoms with E-state index in [0.717, 1.165) is 24.1 Å². The summed E-state index contributed by atoms with van der Waals surface area (Å²) in [5.41, 5.74) is 0.703. The number of H-pyrrole nitrogens is 1. The van der Waals surface area contributed by atoms with Crippen LogP contribution in [0, 0.1) is 17.0 Å². The Morgan fingerprint density at radius 3 is 2.71 bits per heavy atom. The molecule has 0 spiro atoms. The fourth-order valence-corrected chi connectivity index (χ4v) is 1.58. The van der Waals surface area contributed by atoms with Crippen LogP contribution < -0.4 is 5.56 Å². The van der Waals surface area contributed by atoms with Gasteiger partial charge >= 0.3 is 11.2 Å². The maximum absolute atomic E-state index is 11.2. The number of rotatable bonds is 2. The molecule has 5 nitrogen and oxygen atoms in total. The Kier molecular flexibility index (Phi) is 1.87. The van der Waals surface area contributed by atoms with Crippen molar-refractivity contribution >= 4 is 5.69 Å². The molecule has 0 unspecified atom stereocenters. The van der Waals surface area contributed by atoms with Crippen molar-refractivity contribution < 1.29 is 4.92 Å². The van der Waals surface area contributed by atoms with E-state index in [1.165, 1.54) is 6.07 Å². The molecule has 2 rings (SSSR count). The van der Waals surface area contributed by atoms with Gasteiger partial charge in [-0.2, -0.15) is 0 Å². The maximum Gasteiger partial charge on any atom is 0.334 e. The van der Waals surface area contributed by atoms with Crippen LogP contribution in [-0.2, 0) is 0 Å². The molecule has 0 saturated heterocycles. The van der Waals surface area contributed by atoms with E-state index in [9.17, 15) is 14.9 Å². The van der Waals surface area contributed by atoms with Gasteiger partial charge in [0.05, 0.1) is 4.92 Å². The summed E-state index contributed by atoms with van der Waals surface area (Å²) in [5, 5.41) is 10.5. The normalized spacial score (nSPS) is 15.5. The van der Waals surface area contributed by atoms with Crippen molar-refractivity contribution in [3.63, 3.8) is 0 Å². The van der Waals surface area contributed by atoms with E-state index in [0.29, 0.717) is 5.92 Å². The minimum Gasteiger partial charge on any atom is -0.320 e. The lowest BCUT2D eigenvalue weighted by atomic mass is 10.1. The van der Waals surface area contributed by atoms with Gasteiger partial charge < -0.3 is 4.98 Å². The minimum absolute atomic E-state index is 0.350. The summed E-state index contributed by atoms with van der Waals surface area (Å²) in [6, 6.07) is 1.41. The Bertz CT molecular complexity index is 446. The molecule has 5 heteroatoms. The third-order valence-corrected chi connectivity index (χ3v) is 2.47. The highest BCUT2D eigenvalue weighted by Crippen LogP contribution is 2.41. The van der Waals surface area contributed by atoms with Gasteiger partial charge in [-0.15, -0.1) is 0 Å². The van der Waals surface area contributed by atoms with Crippen LogP contribution in [0.3, 0.4) is 0 Å². The molecular weight excluding hydrogens is 184 g/mol. The van der Waals surface area contributed by atoms with E-state index >= 15 is 0 Å². The number of nitrogens with one attached hydrogen (secondary N) is 1. The highest BCUT2D eigenvalue weighted by molar-refractivity contribution is 5.37. The summed E-state index contributed by atoms with van der Waals surface area (Å²) < 4.78 is 0. The highest BCUT2D eigenvalue weighted by Gasteiger charge is 2.28. The number of aryl methyl sites for hydroxylation is 1. The van der Waals surface area contributed by atoms with Crippen molar-refractivity contribution in [3.8, 4) is 0 Å². The summed E-state index contributed by atoms with van der Waals surface area (Å²) >= 11 is 0. The molecule has 0 radical (unpaired) electrons. The molecule has 1 heterocycles. The van der Waals surface area contributed by atoms with Crippen LogP contribution in [0.2, 0.25) is 0 Å². The van der Waals surface area contributed by atoms with Crippen LogP contribution >= 0.6 is 0 Å². The van der Waals surface area contributed by atoms with E-state index in [1.807, 2.05) is 0 Å². The Morgan fingerprint density at radius 2 is 2.21 bits per heavy atom. The summed E-state index contributed by atoms with van der Waals surface area (Å²) in [7, 11) is 0. The lowest BCUT2D eigenvalue weighted by Gasteiger charge is -2.02. The fourth-order valence-electron chi connectivity index (χ4n) is 1.58. The van der Waals surface area contributed by atoms with E-state index in [2.05, 4.69) is 4.98 Å². The predicted octanol–water partition coefficient (Wildman–Crippen LogP) is 1.47. The summed E-state index contributed by atoms with van der Waals surface area (Å²) in [6.45, 7) is 1.78. The minimum atomic E-state index is -0.635. The van der Waals surface area contributed by atoms with Crippen molar-refractivity contribution in [1.82, 2.24) is 4.98 Å². The molecule has 0 atom stereocenters. The largest absolute Gasteiger partial charge is 0.334 e. The molecule has 14 heavy (non-hydrogen) atoms. The molecule has 0 aromatic carbocycles. The van der Waals surface area contributed by atoms with Gasteiger partial charge in [0.1, 0.15) is 0 Å². The first-order valence-electron chi connectivity index (χ1n) is 4.48. The lowest BCUT2D eigenvalue weighted by molar-refractivity contribution is -0.386. The van der Waals surface area contributed by atoms with Gasteiger partial charge in [-0.05, 0) is 31.2 Å². The van der Waals surface area contributed by atoms with E-state index in [4.69, 9.17) is 0 Å². The molecule has 1 N–H and O–H groups in total. The second kappa shape index (κ2) is 2.94. The standard InChI is InChI=1S/C9H10N2O3/c1-5-7(6-2-3-6)4-8(11(13)14)9(12)10-5/h4,6H,2-3H2,1H3,(H,10,12). The molecule has 1 aromatic heterocycles. The van der Waals surface area contributed by atoms with Crippen LogP contribution in [0.5, 0.6) is 0 Å². The number of pyridine rings is 1. The molecule has 1 aromatic rings. The topological polar surface area (TPSA) is 76.0 Å². The zero-order chi connectivity index (χ0) is 10.3. The van der Waals surface area contributed by atoms with Gasteiger partial charge in [-0.1, -0.05) is 0 Å². The van der Waals surface area contributed by atoms with E-state index < -0.39 is 10.5 Å². The summed E-state index contributed by atoms with van der Waals surface area (Å²) in [6.07, 6.45) is 2.12. The van der Waals surface area contributed by atoms with E-state index in [1.54, 1.807) is 6.92 Å². The molecule has 0 amide bonds. The third-order valence-electron chi connectivity index (χ3n) is 2.47. The second-order valence-corrected chi connectivity index (χ2v) is 3.60. The molecule has 1 fully saturated rings. The Labute approximate surface area is 79.9 Å². The average molecular weight is 194 g/mol. The number of hydrogen-bond acceptors (Lipinski definition) is 3. The third kappa shape index (κ3) is 1.41. The van der Waals surface area contributed by atoms with Crippen molar-refractivity contribution in [3.05, 3.63) is 37.8 Å². The van der Waals surface area contributed by atoms with Crippen LogP contribution in [0.1, 0.15) is 30.0 Å². The first kappa shape index (κ1) is 8.93. The average Bonchev–Trinajstić information content (AvgIpc) is 2.86. The highest BCUT2D eigenvalue weighted by atomic mass is 16.6. The molecule has 1 aliphatic rings. The number of nitrogens with zero attached hydrogens (tertiary/aromatic N) is 1. The van der Waals surface area contributed by atoms with Crippen LogP contribution in [0.4, 0.5) is 5.69 Å². The molecular formula is C9H10N2O3. The zero-order valence-corrected chi connectivity index (χ0v) is 7.74. The van der Waals surface area contributed by atoms with Gasteiger partial charge in [0.25, 0.3) is 0 Å². The van der Waals surface area contributed by atoms with Crippen molar-refractivity contribution in [2.45, 2.75) is 25.7 Å². The Morgan fingerprint density at radius 1 is 1.57 bits per heavy atom. The summed E-state index contributed by atoms with van der Waals surface area (Å²) in [5.74, 6) is 0.408. The van der Waals surface area contributed by atoms with Crippen molar-refractivity contribution in [2.24, 2.45) is 0 Å². The number of aromatic nitrogens is 1. The van der Waals surface area contributed by atoms with Gasteiger partial charge in [-0.3, -0.25) is 14.9 Å². The Balaban J connectivity index is 2.57. The second-order valence-electron chi connectivity index (χ2n) is 3.60. The molecule has 0 bridgehead atoms. The monoisotopic (exact) mass is 194 g/mol. The maximum atomic E-state index is 11.2. The molecule has 1 saturated carbocycles. The van der Waals surface area contributed by atoms with Crippen LogP contribution in [0.15, 0.2) is 10.9 Å². The van der Waals surface area contributed by atoms with Crippen molar-refractivity contribution in [1.29, 1.82) is 0 Å². The fraction of sp³-hybridized carbons (Fsp3) is 0.444. The smallest absolute Gasteiger partial charge is 0.320 e. The molecule has 74 valence electrons. The van der Waals surface area contributed by atoms with Gasteiger partial charge in [0.2, 0.25) is 0 Å². The molecule has 0 aliphatic heterocycles. The SMILES string of the molecule is Cc1[nH]c(=O)c([N+](=O)[O-])cc1C1CC1. The molecule has 1 aliphatic carbocycles. The quantitative estimate of drug-likeness (QED) is 0.572. The summed E-state index contributed by atoms with van der Waals surface area (Å²) in [4.78, 5) is 23.6. The zero-order valence-electron chi connectivity index (χ0n) is 7.74. The predicted molar refractivity (Wildman–Crippen MR) is 50.4 cm³/mol. The van der Waals surface area contributed by atoms with E-state index in [-0.39, 0.29) is 5.69 Å². The van der Waals surface area contributed by atoms with Gasteiger partial charge in [-0.25, -0.2) is 0 Å². The Hall–Kier alpha value is -1.65. The first-order chi connectivity index (χ1) is 6.59. The lowest BCUT2D eigenvalue weighted by Crippen LogP contribution is -2.13.